The quantitative estimate of drug-likeness (QED) is 0.620. The highest BCUT2D eigenvalue weighted by Gasteiger charge is 2.27. The largest absolute Gasteiger partial charge is 0.494 e. The molecule has 0 atom stereocenters. The number of hydrogen-bond acceptors (Lipinski definition) is 6. The number of hydrogen-bond donors (Lipinski definition) is 2. The first-order valence-corrected chi connectivity index (χ1v) is 11.7. The first kappa shape index (κ1) is 23.7. The second-order valence-corrected chi connectivity index (χ2v) is 9.12. The molecular formula is C22H27N3O6S. The van der Waals surface area contributed by atoms with Gasteiger partial charge in [-0.15, -0.1) is 0 Å². The van der Waals surface area contributed by atoms with Gasteiger partial charge in [-0.3, -0.25) is 9.59 Å². The lowest BCUT2D eigenvalue weighted by Gasteiger charge is -2.26. The summed E-state index contributed by atoms with van der Waals surface area (Å²) in [6.07, 6.45) is 0. The summed E-state index contributed by atoms with van der Waals surface area (Å²) in [6.45, 7) is 5.09. The predicted octanol–water partition coefficient (Wildman–Crippen LogP) is 1.78. The zero-order valence-electron chi connectivity index (χ0n) is 18.1. The van der Waals surface area contributed by atoms with Crippen molar-refractivity contribution in [2.75, 3.05) is 44.8 Å². The van der Waals surface area contributed by atoms with E-state index in [0.29, 0.717) is 36.8 Å². The van der Waals surface area contributed by atoms with Gasteiger partial charge < -0.3 is 20.1 Å². The third-order valence-corrected chi connectivity index (χ3v) is 6.81. The summed E-state index contributed by atoms with van der Waals surface area (Å²) in [5.74, 6) is -0.234. The Kier molecular flexibility index (Phi) is 7.84. The molecule has 1 fully saturated rings. The molecule has 0 aliphatic carbocycles. The number of nitrogens with one attached hydrogen (secondary N) is 2. The van der Waals surface area contributed by atoms with Gasteiger partial charge in [0.15, 0.2) is 0 Å². The van der Waals surface area contributed by atoms with Crippen LogP contribution in [0.25, 0.3) is 0 Å². The summed E-state index contributed by atoms with van der Waals surface area (Å²) in [6, 6.07) is 11.3. The lowest BCUT2D eigenvalue weighted by atomic mass is 10.1. The molecule has 2 N–H and O–H groups in total. The monoisotopic (exact) mass is 461 g/mol. The number of anilines is 1. The Labute approximate surface area is 187 Å². The zero-order valence-corrected chi connectivity index (χ0v) is 18.9. The number of aryl methyl sites for hydroxylation is 1. The fourth-order valence-electron chi connectivity index (χ4n) is 3.20. The normalized spacial score (nSPS) is 14.6. The highest BCUT2D eigenvalue weighted by atomic mass is 32.2. The van der Waals surface area contributed by atoms with E-state index in [1.807, 2.05) is 6.92 Å². The second kappa shape index (κ2) is 10.6. The minimum Gasteiger partial charge on any atom is -0.494 e. The summed E-state index contributed by atoms with van der Waals surface area (Å²) < 4.78 is 37.7. The van der Waals surface area contributed by atoms with E-state index in [4.69, 9.17) is 9.47 Å². The highest BCUT2D eigenvalue weighted by molar-refractivity contribution is 7.89. The fourth-order valence-corrected chi connectivity index (χ4v) is 4.64. The number of benzene rings is 2. The van der Waals surface area contributed by atoms with E-state index >= 15 is 0 Å². The van der Waals surface area contributed by atoms with Crippen LogP contribution in [0.15, 0.2) is 47.4 Å². The Hall–Kier alpha value is -2.95. The zero-order chi connectivity index (χ0) is 23.1. The molecule has 2 aromatic rings. The molecule has 0 bridgehead atoms. The van der Waals surface area contributed by atoms with Crippen LogP contribution >= 0.6 is 0 Å². The van der Waals surface area contributed by atoms with Gasteiger partial charge in [-0.05, 0) is 55.8 Å². The van der Waals surface area contributed by atoms with Crippen LogP contribution in [0.4, 0.5) is 5.69 Å². The molecule has 0 saturated carbocycles. The van der Waals surface area contributed by atoms with Crippen LogP contribution in [0.1, 0.15) is 22.8 Å². The number of ether oxygens (including phenoxy) is 2. The lowest BCUT2D eigenvalue weighted by molar-refractivity contribution is -0.115. The van der Waals surface area contributed by atoms with Crippen LogP contribution in [0.5, 0.6) is 5.75 Å². The van der Waals surface area contributed by atoms with Crippen LogP contribution in [0.2, 0.25) is 0 Å². The maximum absolute atomic E-state index is 12.9. The van der Waals surface area contributed by atoms with Crippen LogP contribution in [-0.2, 0) is 19.6 Å². The van der Waals surface area contributed by atoms with Crippen molar-refractivity contribution in [1.82, 2.24) is 9.62 Å². The standard InChI is InChI=1S/C22H27N3O6S/c1-3-31-18-7-5-17(6-8-18)24-21(26)15-23-22(27)20-14-19(9-4-16(20)2)32(28,29)25-10-12-30-13-11-25/h4-9,14H,3,10-13,15H2,1-2H3,(H,23,27)(H,24,26). The Balaban J connectivity index is 1.63. The van der Waals surface area contributed by atoms with Crippen molar-refractivity contribution in [2.24, 2.45) is 0 Å². The SMILES string of the molecule is CCOc1ccc(NC(=O)CNC(=O)c2cc(S(=O)(=O)N3CCOCC3)ccc2C)cc1. The topological polar surface area (TPSA) is 114 Å². The van der Waals surface area contributed by atoms with Gasteiger partial charge in [0, 0.05) is 24.3 Å². The summed E-state index contributed by atoms with van der Waals surface area (Å²) in [5.41, 5.74) is 1.38. The van der Waals surface area contributed by atoms with Crippen molar-refractivity contribution in [2.45, 2.75) is 18.7 Å². The van der Waals surface area contributed by atoms with Crippen LogP contribution in [0.3, 0.4) is 0 Å². The minimum absolute atomic E-state index is 0.0361. The number of amides is 2. The van der Waals surface area contributed by atoms with E-state index < -0.39 is 21.8 Å². The van der Waals surface area contributed by atoms with Gasteiger partial charge in [-0.1, -0.05) is 6.07 Å². The van der Waals surface area contributed by atoms with Crippen LogP contribution in [-0.4, -0.2) is 64.0 Å². The van der Waals surface area contributed by atoms with Crippen molar-refractivity contribution in [3.63, 3.8) is 0 Å². The van der Waals surface area contributed by atoms with Crippen molar-refractivity contribution in [3.05, 3.63) is 53.6 Å². The summed E-state index contributed by atoms with van der Waals surface area (Å²) in [4.78, 5) is 24.9. The van der Waals surface area contributed by atoms with Gasteiger partial charge in [0.2, 0.25) is 15.9 Å². The summed E-state index contributed by atoms with van der Waals surface area (Å²) in [7, 11) is -3.73. The minimum atomic E-state index is -3.73. The van der Waals surface area contributed by atoms with Crippen molar-refractivity contribution in [1.29, 1.82) is 0 Å². The number of carbonyl (C=O) groups is 2. The number of morpholine rings is 1. The Morgan fingerprint density at radius 2 is 1.78 bits per heavy atom. The molecule has 10 heteroatoms. The van der Waals surface area contributed by atoms with E-state index in [0.717, 1.165) is 0 Å². The molecule has 0 radical (unpaired) electrons. The van der Waals surface area contributed by atoms with Crippen molar-refractivity contribution < 1.29 is 27.5 Å². The van der Waals surface area contributed by atoms with E-state index in [9.17, 15) is 18.0 Å². The average Bonchev–Trinajstić information content (AvgIpc) is 2.79. The van der Waals surface area contributed by atoms with E-state index in [-0.39, 0.29) is 30.1 Å². The Morgan fingerprint density at radius 1 is 1.09 bits per heavy atom. The van der Waals surface area contributed by atoms with Gasteiger partial charge in [0.1, 0.15) is 5.75 Å². The number of carbonyl (C=O) groups excluding carboxylic acids is 2. The second-order valence-electron chi connectivity index (χ2n) is 7.18. The van der Waals surface area contributed by atoms with Gasteiger partial charge in [-0.2, -0.15) is 4.31 Å². The molecule has 1 heterocycles. The molecule has 32 heavy (non-hydrogen) atoms. The molecule has 0 spiro atoms. The van der Waals surface area contributed by atoms with E-state index in [2.05, 4.69) is 10.6 Å². The first-order chi connectivity index (χ1) is 15.3. The molecule has 2 amide bonds. The maximum Gasteiger partial charge on any atom is 0.252 e. The molecule has 2 aromatic carbocycles. The van der Waals surface area contributed by atoms with E-state index in [1.165, 1.54) is 16.4 Å². The first-order valence-electron chi connectivity index (χ1n) is 10.3. The van der Waals surface area contributed by atoms with Crippen molar-refractivity contribution in [3.8, 4) is 5.75 Å². The number of rotatable bonds is 8. The molecule has 3 rings (SSSR count). The third-order valence-electron chi connectivity index (χ3n) is 4.92. The van der Waals surface area contributed by atoms with Gasteiger partial charge >= 0.3 is 0 Å². The predicted molar refractivity (Wildman–Crippen MR) is 119 cm³/mol. The number of nitrogens with zero attached hydrogens (tertiary/aromatic N) is 1. The Morgan fingerprint density at radius 3 is 2.44 bits per heavy atom. The molecule has 0 aromatic heterocycles. The summed E-state index contributed by atoms with van der Waals surface area (Å²) in [5, 5.41) is 5.23. The van der Waals surface area contributed by atoms with Gasteiger partial charge in [0.25, 0.3) is 5.91 Å². The molecular weight excluding hydrogens is 434 g/mol. The van der Waals surface area contributed by atoms with Gasteiger partial charge in [0.05, 0.1) is 31.3 Å². The number of sulfonamides is 1. The summed E-state index contributed by atoms with van der Waals surface area (Å²) >= 11 is 0. The van der Waals surface area contributed by atoms with Crippen molar-refractivity contribution >= 4 is 27.5 Å². The molecule has 172 valence electrons. The van der Waals surface area contributed by atoms with Crippen LogP contribution < -0.4 is 15.4 Å². The molecule has 1 saturated heterocycles. The average molecular weight is 462 g/mol. The smallest absolute Gasteiger partial charge is 0.252 e. The molecule has 0 unspecified atom stereocenters. The fraction of sp³-hybridized carbons (Fsp3) is 0.364. The van der Waals surface area contributed by atoms with Crippen LogP contribution in [0, 0.1) is 6.92 Å². The third kappa shape index (κ3) is 5.84. The highest BCUT2D eigenvalue weighted by Crippen LogP contribution is 2.21. The molecule has 9 nitrogen and oxygen atoms in total. The van der Waals surface area contributed by atoms with Gasteiger partial charge in [-0.25, -0.2) is 8.42 Å². The van der Waals surface area contributed by atoms with E-state index in [1.54, 1.807) is 37.3 Å². The Bertz CT molecular complexity index is 1060. The molecule has 1 aliphatic heterocycles. The maximum atomic E-state index is 12.9. The lowest BCUT2D eigenvalue weighted by Crippen LogP contribution is -2.40. The molecule has 1 aliphatic rings.